The van der Waals surface area contributed by atoms with E-state index in [2.05, 4.69) is 41.7 Å². The Morgan fingerprint density at radius 2 is 2.08 bits per heavy atom. The van der Waals surface area contributed by atoms with Crippen LogP contribution < -0.4 is 5.43 Å². The van der Waals surface area contributed by atoms with Crippen LogP contribution >= 0.6 is 11.6 Å². The zero-order valence-electron chi connectivity index (χ0n) is 13.0. The smallest absolute Gasteiger partial charge is 0.265 e. The van der Waals surface area contributed by atoms with Gasteiger partial charge in [-0.25, -0.2) is 5.43 Å². The van der Waals surface area contributed by atoms with Crippen molar-refractivity contribution in [1.29, 1.82) is 0 Å². The average Bonchev–Trinajstić information content (AvgIpc) is 3.22. The lowest BCUT2D eigenvalue weighted by atomic mass is 10.2. The molecule has 2 N–H and O–H groups in total. The molecule has 1 aliphatic carbocycles. The van der Waals surface area contributed by atoms with Crippen molar-refractivity contribution >= 4 is 45.3 Å². The molecule has 5 rings (SSSR count). The van der Waals surface area contributed by atoms with Crippen LogP contribution in [-0.2, 0) is 6.42 Å². The molecule has 1 aliphatic rings. The number of anilines is 1. The minimum absolute atomic E-state index is 0.326. The Morgan fingerprint density at radius 3 is 3.04 bits per heavy atom. The third kappa shape index (κ3) is 2.32. The van der Waals surface area contributed by atoms with Crippen molar-refractivity contribution in [3.8, 4) is 0 Å². The maximum atomic E-state index is 6.21. The third-order valence-electron chi connectivity index (χ3n) is 4.29. The summed E-state index contributed by atoms with van der Waals surface area (Å²) >= 11 is 6.21. The Bertz CT molecular complexity index is 1150. The molecule has 3 heterocycles. The highest BCUT2D eigenvalue weighted by atomic mass is 35.5. The van der Waals surface area contributed by atoms with Gasteiger partial charge in [-0.15, -0.1) is 10.2 Å². The Hall–Kier alpha value is -3.06. The van der Waals surface area contributed by atoms with E-state index in [4.69, 9.17) is 11.6 Å². The van der Waals surface area contributed by atoms with E-state index in [0.717, 1.165) is 35.2 Å². The Balaban J connectivity index is 1.51. The van der Waals surface area contributed by atoms with Crippen LogP contribution in [0.15, 0.2) is 41.6 Å². The molecule has 25 heavy (non-hydrogen) atoms. The van der Waals surface area contributed by atoms with Gasteiger partial charge in [0, 0.05) is 11.6 Å². The van der Waals surface area contributed by atoms with E-state index >= 15 is 0 Å². The highest BCUT2D eigenvalue weighted by Gasteiger charge is 2.18. The second-order valence-corrected chi connectivity index (χ2v) is 6.21. The van der Waals surface area contributed by atoms with E-state index in [1.54, 1.807) is 6.20 Å². The number of fused-ring (bicyclic) bond motifs is 4. The van der Waals surface area contributed by atoms with Crippen LogP contribution in [0.4, 0.5) is 5.95 Å². The normalized spacial score (nSPS) is 15.2. The van der Waals surface area contributed by atoms with Gasteiger partial charge in [-0.1, -0.05) is 29.8 Å². The molecule has 1 aromatic carbocycles. The molecule has 0 radical (unpaired) electrons. The molecular formula is C17H12ClN7. The van der Waals surface area contributed by atoms with Crippen molar-refractivity contribution in [3.05, 3.63) is 52.8 Å². The fourth-order valence-electron chi connectivity index (χ4n) is 3.11. The molecule has 0 atom stereocenters. The molecule has 0 bridgehead atoms. The highest BCUT2D eigenvalue weighted by Crippen LogP contribution is 2.28. The fourth-order valence-corrected chi connectivity index (χ4v) is 3.33. The molecule has 0 saturated carbocycles. The maximum absolute atomic E-state index is 6.21. The summed E-state index contributed by atoms with van der Waals surface area (Å²) < 4.78 is 0. The van der Waals surface area contributed by atoms with Gasteiger partial charge in [0.1, 0.15) is 5.52 Å². The van der Waals surface area contributed by atoms with Gasteiger partial charge in [0.2, 0.25) is 0 Å². The van der Waals surface area contributed by atoms with E-state index in [0.29, 0.717) is 22.1 Å². The first-order valence-corrected chi connectivity index (χ1v) is 8.25. The second kappa shape index (κ2) is 5.49. The van der Waals surface area contributed by atoms with Gasteiger partial charge in [0.25, 0.3) is 5.95 Å². The highest BCUT2D eigenvalue weighted by molar-refractivity contribution is 6.36. The van der Waals surface area contributed by atoms with Crippen molar-refractivity contribution in [1.82, 2.24) is 25.1 Å². The van der Waals surface area contributed by atoms with Crippen molar-refractivity contribution in [3.63, 3.8) is 0 Å². The van der Waals surface area contributed by atoms with Gasteiger partial charge in [-0.3, -0.25) is 4.98 Å². The van der Waals surface area contributed by atoms with Gasteiger partial charge in [-0.05, 0) is 30.5 Å². The lowest BCUT2D eigenvalue weighted by Crippen LogP contribution is -2.04. The van der Waals surface area contributed by atoms with Gasteiger partial charge < -0.3 is 4.98 Å². The van der Waals surface area contributed by atoms with E-state index < -0.39 is 0 Å². The predicted molar refractivity (Wildman–Crippen MR) is 96.9 cm³/mol. The number of halogens is 1. The number of hydrogen-bond acceptors (Lipinski definition) is 6. The summed E-state index contributed by atoms with van der Waals surface area (Å²) in [6, 6.07) is 9.65. The van der Waals surface area contributed by atoms with Gasteiger partial charge in [0.05, 0.1) is 21.9 Å². The summed E-state index contributed by atoms with van der Waals surface area (Å²) in [6.07, 6.45) is 3.57. The first kappa shape index (κ1) is 14.3. The summed E-state index contributed by atoms with van der Waals surface area (Å²) in [4.78, 5) is 12.0. The van der Waals surface area contributed by atoms with Crippen LogP contribution in [0.1, 0.15) is 17.7 Å². The summed E-state index contributed by atoms with van der Waals surface area (Å²) in [5, 5.41) is 14.3. The monoisotopic (exact) mass is 349 g/mol. The van der Waals surface area contributed by atoms with Crippen molar-refractivity contribution < 1.29 is 0 Å². The number of pyridine rings is 1. The summed E-state index contributed by atoms with van der Waals surface area (Å²) in [7, 11) is 0. The third-order valence-corrected chi connectivity index (χ3v) is 4.60. The van der Waals surface area contributed by atoms with Gasteiger partial charge >= 0.3 is 0 Å². The Morgan fingerprint density at radius 1 is 1.12 bits per heavy atom. The zero-order chi connectivity index (χ0) is 16.8. The SMILES string of the molecule is Clc1cccc2c1[nH]c1nc(N/N=C3\CCc4cccnc43)nnc12. The first-order chi connectivity index (χ1) is 12.3. The summed E-state index contributed by atoms with van der Waals surface area (Å²) in [5.41, 5.74) is 8.04. The van der Waals surface area contributed by atoms with Gasteiger partial charge in [0.15, 0.2) is 5.65 Å². The molecule has 0 aliphatic heterocycles. The number of benzene rings is 1. The summed E-state index contributed by atoms with van der Waals surface area (Å²) in [5.74, 6) is 0.326. The van der Waals surface area contributed by atoms with Crippen LogP contribution in [0.5, 0.6) is 0 Å². The number of aryl methyl sites for hydroxylation is 1. The van der Waals surface area contributed by atoms with Crippen LogP contribution in [0, 0.1) is 0 Å². The number of hydrazone groups is 1. The fraction of sp³-hybridized carbons (Fsp3) is 0.118. The number of aromatic nitrogens is 5. The van der Waals surface area contributed by atoms with Crippen LogP contribution in [0.3, 0.4) is 0 Å². The van der Waals surface area contributed by atoms with E-state index in [9.17, 15) is 0 Å². The standard InChI is InChI=1S/C17H12ClN7/c18-11-5-1-4-10-14(11)20-16-15(10)23-25-17(21-16)24-22-12-7-6-9-3-2-8-19-13(9)12/h1-5,8H,6-7H2,(H2,20,21,24,25)/b22-12+. The molecule has 0 amide bonds. The lowest BCUT2D eigenvalue weighted by molar-refractivity contribution is 1.00. The van der Waals surface area contributed by atoms with E-state index in [-0.39, 0.29) is 0 Å². The first-order valence-electron chi connectivity index (χ1n) is 7.87. The van der Waals surface area contributed by atoms with Crippen LogP contribution in [0.2, 0.25) is 5.02 Å². The van der Waals surface area contributed by atoms with Crippen LogP contribution in [0.25, 0.3) is 22.1 Å². The molecule has 4 aromatic rings. The molecule has 0 fully saturated rings. The van der Waals surface area contributed by atoms with Crippen molar-refractivity contribution in [2.45, 2.75) is 12.8 Å². The zero-order valence-corrected chi connectivity index (χ0v) is 13.7. The average molecular weight is 350 g/mol. The number of hydrogen-bond donors (Lipinski definition) is 2. The van der Waals surface area contributed by atoms with Gasteiger partial charge in [-0.2, -0.15) is 10.1 Å². The lowest BCUT2D eigenvalue weighted by Gasteiger charge is -2.00. The molecule has 0 saturated heterocycles. The molecule has 7 nitrogen and oxygen atoms in total. The summed E-state index contributed by atoms with van der Waals surface area (Å²) in [6.45, 7) is 0. The Labute approximate surface area is 147 Å². The molecule has 0 spiro atoms. The number of rotatable bonds is 2. The molecule has 122 valence electrons. The molecule has 8 heteroatoms. The van der Waals surface area contributed by atoms with Crippen molar-refractivity contribution in [2.75, 3.05) is 5.43 Å². The second-order valence-electron chi connectivity index (χ2n) is 5.80. The largest absolute Gasteiger partial charge is 0.336 e. The van der Waals surface area contributed by atoms with Crippen LogP contribution in [-0.4, -0.2) is 30.9 Å². The predicted octanol–water partition coefficient (Wildman–Crippen LogP) is 3.32. The quantitative estimate of drug-likeness (QED) is 0.542. The minimum Gasteiger partial charge on any atom is -0.336 e. The number of aromatic amines is 1. The van der Waals surface area contributed by atoms with E-state index in [1.165, 1.54) is 5.56 Å². The number of para-hydroxylation sites is 1. The number of nitrogens with one attached hydrogen (secondary N) is 2. The molecule has 3 aromatic heterocycles. The minimum atomic E-state index is 0.326. The number of H-pyrrole nitrogens is 1. The molecule has 0 unspecified atom stereocenters. The van der Waals surface area contributed by atoms with E-state index in [1.807, 2.05) is 24.3 Å². The topological polar surface area (TPSA) is 91.7 Å². The van der Waals surface area contributed by atoms with Crippen molar-refractivity contribution in [2.24, 2.45) is 5.10 Å². The molecular weight excluding hydrogens is 338 g/mol. The maximum Gasteiger partial charge on any atom is 0.265 e. The Kier molecular flexibility index (Phi) is 3.14. The number of nitrogens with zero attached hydrogens (tertiary/aromatic N) is 5.